The fourth-order valence-corrected chi connectivity index (χ4v) is 7.81. The highest BCUT2D eigenvalue weighted by atomic mass is 32.3. The predicted molar refractivity (Wildman–Crippen MR) is 209 cm³/mol. The number of carbonyl (C=O) groups excluding carboxylic acids is 7. The molecule has 0 saturated carbocycles. The van der Waals surface area contributed by atoms with Gasteiger partial charge >= 0.3 is 0 Å². The molecule has 26 nitrogen and oxygen atoms in total. The first-order valence-corrected chi connectivity index (χ1v) is 21.0. The van der Waals surface area contributed by atoms with Crippen molar-refractivity contribution >= 4 is 51.7 Å². The number of nitrogens with one attached hydrogen (secondary N) is 5. The van der Waals surface area contributed by atoms with Crippen molar-refractivity contribution in [1.82, 2.24) is 36.4 Å². The Morgan fingerprint density at radius 3 is 2.13 bits per heavy atom. The van der Waals surface area contributed by atoms with Gasteiger partial charge in [-0.1, -0.05) is 13.0 Å². The number of hydrogen-bond acceptors (Lipinski definition) is 19. The molecule has 0 bridgehead atoms. The van der Waals surface area contributed by atoms with Crippen LogP contribution in [0.2, 0.25) is 0 Å². The van der Waals surface area contributed by atoms with E-state index in [0.717, 1.165) is 34.9 Å². The van der Waals surface area contributed by atoms with Crippen molar-refractivity contribution in [2.75, 3.05) is 26.7 Å². The summed E-state index contributed by atoms with van der Waals surface area (Å²) in [6.45, 7) is 1.06. The first-order chi connectivity index (χ1) is 29.3. The zero-order valence-electron chi connectivity index (χ0n) is 34.2. The summed E-state index contributed by atoms with van der Waals surface area (Å²) < 4.78 is 38.1. The molecule has 352 valence electrons. The van der Waals surface area contributed by atoms with Gasteiger partial charge in [-0.25, -0.2) is 8.42 Å². The molecule has 4 rings (SSSR count). The van der Waals surface area contributed by atoms with Gasteiger partial charge in [-0.2, -0.15) is 0 Å². The third-order valence-electron chi connectivity index (χ3n) is 10.8. The summed E-state index contributed by atoms with van der Waals surface area (Å²) in [6, 6.07) is -8.42. The Bertz CT molecular complexity index is 2010. The molecule has 1 aromatic rings. The number of aliphatic hydroxyl groups is 6. The molecule has 0 radical (unpaired) electrons. The molecule has 63 heavy (non-hydrogen) atoms. The second-order valence-electron chi connectivity index (χ2n) is 15.7. The van der Waals surface area contributed by atoms with E-state index in [1.54, 1.807) is 0 Å². The Labute approximate surface area is 360 Å². The first-order valence-electron chi connectivity index (χ1n) is 19.6. The zero-order chi connectivity index (χ0) is 47.2. The molecular weight excluding hydrogens is 865 g/mol. The van der Waals surface area contributed by atoms with E-state index >= 15 is 0 Å². The van der Waals surface area contributed by atoms with E-state index in [0.29, 0.717) is 0 Å². The van der Waals surface area contributed by atoms with Crippen molar-refractivity contribution in [2.45, 2.75) is 112 Å². The van der Waals surface area contributed by atoms with Gasteiger partial charge in [0.05, 0.1) is 49.1 Å². The molecule has 3 aliphatic rings. The number of amides is 7. The van der Waals surface area contributed by atoms with Crippen LogP contribution in [0.5, 0.6) is 11.5 Å². The average Bonchev–Trinajstić information content (AvgIpc) is 3.74. The van der Waals surface area contributed by atoms with Gasteiger partial charge in [0.25, 0.3) is 10.4 Å². The second kappa shape index (κ2) is 20.9. The molecule has 3 fully saturated rings. The van der Waals surface area contributed by atoms with Gasteiger partial charge in [0, 0.05) is 45.4 Å². The van der Waals surface area contributed by atoms with E-state index in [2.05, 4.69) is 30.8 Å². The number of β-amino-alcohol motifs (C(OH)–C–C–N with tert-alkyl or cyclic N) is 1. The second-order valence-corrected chi connectivity index (χ2v) is 16.7. The van der Waals surface area contributed by atoms with Crippen LogP contribution in [0.3, 0.4) is 0 Å². The van der Waals surface area contributed by atoms with Crippen LogP contribution in [-0.2, 0) is 50.4 Å². The minimum Gasteiger partial charge on any atom is -0.716 e. The minimum atomic E-state index is -5.44. The standard InChI is InChI=1S/C36H54N8O18S/c1-14-12-44-29(30(14)52)34(56)39-11-17(46)8-19(37)31(53)40-26(15(2)45)35(57)43-13-18(47)9-20(43)32(54)41-27(33(55)42-28(36(44)58)23(50)10-25(51)38-3)22(49)6-16-4-5-21(48)24(7-16)62-63(59,60)61/h4-5,7,14-15,17-20,22-23,26-30,45-50,52H,6,8-13,37H2,1-3H3,(H,38,51)(H,39,56)(H,40,53)(H,41,54)(H,42,55)(H,59,60,61)/p-1/t14-,15+,17+,18+,19?,20-,22+,23+,26?,27-,28-,29-,30-/m0/s1. The number of carbonyl (C=O) groups is 7. The van der Waals surface area contributed by atoms with Gasteiger partial charge in [-0.3, -0.25) is 33.6 Å². The average molecular weight is 918 g/mol. The van der Waals surface area contributed by atoms with E-state index in [-0.39, 0.29) is 12.1 Å². The molecule has 1 aromatic carbocycles. The fraction of sp³-hybridized carbons (Fsp3) is 0.639. The Kier molecular flexibility index (Phi) is 16.8. The fourth-order valence-electron chi connectivity index (χ4n) is 7.45. The molecule has 27 heteroatoms. The lowest BCUT2D eigenvalue weighted by Gasteiger charge is -2.34. The molecule has 7 amide bonds. The van der Waals surface area contributed by atoms with E-state index in [1.165, 1.54) is 14.0 Å². The van der Waals surface area contributed by atoms with Gasteiger partial charge in [0.1, 0.15) is 30.2 Å². The normalized spacial score (nSPS) is 31.0. The van der Waals surface area contributed by atoms with Gasteiger partial charge in [-0.05, 0) is 31.0 Å². The molecule has 2 unspecified atom stereocenters. The highest BCUT2D eigenvalue weighted by Crippen LogP contribution is 2.30. The van der Waals surface area contributed by atoms with Crippen molar-refractivity contribution in [3.05, 3.63) is 23.8 Å². The molecule has 3 saturated heterocycles. The van der Waals surface area contributed by atoms with Crippen molar-refractivity contribution in [3.63, 3.8) is 0 Å². The van der Waals surface area contributed by atoms with E-state index in [4.69, 9.17) is 5.73 Å². The number of benzene rings is 1. The van der Waals surface area contributed by atoms with E-state index < -0.39 is 181 Å². The maximum Gasteiger partial charge on any atom is 0.262 e. The third-order valence-corrected chi connectivity index (χ3v) is 11.2. The molecular formula is C36H53N8O18S-. The highest BCUT2D eigenvalue weighted by molar-refractivity contribution is 7.81. The predicted octanol–water partition coefficient (Wildman–Crippen LogP) is -8.16. The van der Waals surface area contributed by atoms with Gasteiger partial charge in [0.15, 0.2) is 11.5 Å². The summed E-state index contributed by atoms with van der Waals surface area (Å²) in [6.07, 6.45) is -13.0. The Balaban J connectivity index is 1.84. The van der Waals surface area contributed by atoms with Crippen LogP contribution in [0.15, 0.2) is 18.2 Å². The Morgan fingerprint density at radius 1 is 0.889 bits per heavy atom. The number of nitrogens with two attached hydrogens (primary N) is 1. The molecule has 3 aliphatic heterocycles. The molecule has 0 aliphatic carbocycles. The molecule has 13 atom stereocenters. The number of phenolic OH excluding ortho intramolecular Hbond substituents is 1. The molecule has 0 aromatic heterocycles. The van der Waals surface area contributed by atoms with Crippen LogP contribution in [0, 0.1) is 5.92 Å². The summed E-state index contributed by atoms with van der Waals surface area (Å²) in [5, 5.41) is 87.2. The molecule has 14 N–H and O–H groups in total. The van der Waals surface area contributed by atoms with Crippen LogP contribution < -0.4 is 36.5 Å². The van der Waals surface area contributed by atoms with Crippen molar-refractivity contribution in [2.24, 2.45) is 11.7 Å². The monoisotopic (exact) mass is 917 g/mol. The number of phenols is 1. The minimum absolute atomic E-state index is 0.128. The highest BCUT2D eigenvalue weighted by Gasteiger charge is 2.49. The van der Waals surface area contributed by atoms with Crippen molar-refractivity contribution in [1.29, 1.82) is 0 Å². The van der Waals surface area contributed by atoms with Crippen LogP contribution in [0.25, 0.3) is 0 Å². The Hall–Kier alpha value is -5.26. The number of fused-ring (bicyclic) bond motifs is 2. The van der Waals surface area contributed by atoms with Crippen molar-refractivity contribution < 1.29 is 86.5 Å². The number of rotatable bonds is 9. The van der Waals surface area contributed by atoms with E-state index in [9.17, 15) is 82.3 Å². The summed E-state index contributed by atoms with van der Waals surface area (Å²) in [7, 11) is -4.24. The van der Waals surface area contributed by atoms with Gasteiger partial charge < -0.3 is 86.6 Å². The van der Waals surface area contributed by atoms with Crippen LogP contribution in [0.1, 0.15) is 38.7 Å². The summed E-state index contributed by atoms with van der Waals surface area (Å²) in [5.74, 6) is -10.5. The Morgan fingerprint density at radius 2 is 1.51 bits per heavy atom. The van der Waals surface area contributed by atoms with Crippen LogP contribution >= 0.6 is 0 Å². The summed E-state index contributed by atoms with van der Waals surface area (Å²) in [5.41, 5.74) is 5.86. The van der Waals surface area contributed by atoms with Gasteiger partial charge in [0.2, 0.25) is 41.4 Å². The lowest BCUT2D eigenvalue weighted by molar-refractivity contribution is -0.147. The maximum absolute atomic E-state index is 14.4. The van der Waals surface area contributed by atoms with E-state index in [1.807, 2.05) is 0 Å². The van der Waals surface area contributed by atoms with Crippen LogP contribution in [-0.4, -0.2) is 199 Å². The quantitative estimate of drug-likeness (QED) is 0.0808. The largest absolute Gasteiger partial charge is 0.716 e. The van der Waals surface area contributed by atoms with Crippen molar-refractivity contribution in [3.8, 4) is 11.5 Å². The maximum atomic E-state index is 14.4. The first kappa shape index (κ1) is 50.4. The lowest BCUT2D eigenvalue weighted by Crippen LogP contribution is -2.64. The lowest BCUT2D eigenvalue weighted by atomic mass is 9.98. The number of hydrogen-bond donors (Lipinski definition) is 13. The number of aliphatic hydroxyl groups excluding tert-OH is 6. The topological polar surface area (TPSA) is 420 Å². The zero-order valence-corrected chi connectivity index (χ0v) is 35.0. The summed E-state index contributed by atoms with van der Waals surface area (Å²) >= 11 is 0. The molecule has 3 heterocycles. The number of nitrogens with zero attached hydrogens (tertiary/aromatic N) is 2. The van der Waals surface area contributed by atoms with Gasteiger partial charge in [-0.15, -0.1) is 0 Å². The van der Waals surface area contributed by atoms with Crippen LogP contribution in [0.4, 0.5) is 0 Å². The smallest absolute Gasteiger partial charge is 0.262 e. The number of aromatic hydroxyl groups is 1. The summed E-state index contributed by atoms with van der Waals surface area (Å²) in [4.78, 5) is 97.5. The SMILES string of the molecule is CNC(=O)C[C@@H](O)[C@@H]1NC(=O)[C@H]([C@H](O)Cc2ccc(O)c(OS(=O)(=O)[O-])c2)NC(=O)[C@@H]2C[C@@H](O)CN2C(=O)C([C@@H](C)O)NC(=O)C(N)C[C@@H](O)CNC(=O)[C@@H]2[C@@H](O)[C@@H](C)CN2C1=O. The molecule has 0 spiro atoms. The third kappa shape index (κ3) is 12.7.